The van der Waals surface area contributed by atoms with Crippen molar-refractivity contribution in [3.63, 3.8) is 0 Å². The van der Waals surface area contributed by atoms with Gasteiger partial charge in [-0.2, -0.15) is 4.72 Å². The molecule has 0 bridgehead atoms. The van der Waals surface area contributed by atoms with Crippen molar-refractivity contribution in [2.75, 3.05) is 12.8 Å². The van der Waals surface area contributed by atoms with E-state index in [0.717, 1.165) is 16.6 Å². The number of hydrogen-bond donors (Lipinski definition) is 3. The summed E-state index contributed by atoms with van der Waals surface area (Å²) in [7, 11) is -2.54. The quantitative estimate of drug-likeness (QED) is 0.296. The third kappa shape index (κ3) is 5.76. The van der Waals surface area contributed by atoms with Crippen LogP contribution in [0, 0.1) is 0 Å². The molecule has 8 nitrogen and oxygen atoms in total. The minimum atomic E-state index is -4.17. The van der Waals surface area contributed by atoms with Gasteiger partial charge in [-0.15, -0.1) is 0 Å². The first-order chi connectivity index (χ1) is 16.6. The van der Waals surface area contributed by atoms with Crippen molar-refractivity contribution < 1.29 is 13.2 Å². The lowest BCUT2D eigenvalue weighted by molar-refractivity contribution is -0.132. The number of hydrogen-bond acceptors (Lipinski definition) is 5. The largest absolute Gasteiger partial charge is 0.396 e. The Morgan fingerprint density at radius 2 is 1.77 bits per heavy atom. The Morgan fingerprint density at radius 3 is 2.46 bits per heavy atom. The molecule has 1 amide bonds. The van der Waals surface area contributed by atoms with Crippen molar-refractivity contribution in [2.45, 2.75) is 23.9 Å². The number of carbonyl (C=O) groups excluding carboxylic acids is 1. The second kappa shape index (κ2) is 10.2. The van der Waals surface area contributed by atoms with Crippen LogP contribution in [0.1, 0.15) is 11.1 Å². The Kier molecular flexibility index (Phi) is 7.32. The SMILES string of the molecule is CN(Cc1ccccc1)C(=O)C(Cc1ccc2[nH]cnc2c1)NS(=O)(=O)c1cc(Cl)c(N)c(Cl)c1. The monoisotopic (exact) mass is 531 g/mol. The zero-order chi connectivity index (χ0) is 25.2. The molecule has 0 aliphatic heterocycles. The molecule has 1 heterocycles. The van der Waals surface area contributed by atoms with Crippen molar-refractivity contribution in [3.8, 4) is 0 Å². The Bertz CT molecular complexity index is 1450. The van der Waals surface area contributed by atoms with Crippen LogP contribution in [0.25, 0.3) is 11.0 Å². The van der Waals surface area contributed by atoms with E-state index in [2.05, 4.69) is 14.7 Å². The Balaban J connectivity index is 1.65. The molecule has 0 spiro atoms. The van der Waals surface area contributed by atoms with Crippen LogP contribution in [0.4, 0.5) is 5.69 Å². The van der Waals surface area contributed by atoms with E-state index in [1.54, 1.807) is 13.4 Å². The van der Waals surface area contributed by atoms with Crippen molar-refractivity contribution >= 4 is 55.9 Å². The van der Waals surface area contributed by atoms with Crippen LogP contribution in [0.5, 0.6) is 0 Å². The van der Waals surface area contributed by atoms with Crippen LogP contribution in [0.2, 0.25) is 10.0 Å². The van der Waals surface area contributed by atoms with E-state index >= 15 is 0 Å². The maximum atomic E-state index is 13.5. The second-order valence-corrected chi connectivity index (χ2v) is 10.6. The predicted octanol–water partition coefficient (Wildman–Crippen LogP) is 4.00. The van der Waals surface area contributed by atoms with E-state index in [0.29, 0.717) is 12.1 Å². The topological polar surface area (TPSA) is 121 Å². The molecule has 1 atom stereocenters. The maximum Gasteiger partial charge on any atom is 0.241 e. The Hall–Kier alpha value is -3.11. The molecule has 3 aromatic carbocycles. The standard InChI is InChI=1S/C24H23Cl2N5O3S/c1-31(13-15-5-3-2-4-6-15)24(32)22(10-16-7-8-20-21(9-16)29-14-28-20)30-35(33,34)17-11-18(25)23(27)19(26)12-17/h2-9,11-12,14,22,30H,10,13,27H2,1H3,(H,28,29). The number of rotatable bonds is 8. The van der Waals surface area contributed by atoms with E-state index in [-0.39, 0.29) is 27.0 Å². The van der Waals surface area contributed by atoms with Crippen LogP contribution < -0.4 is 10.5 Å². The molecular formula is C24H23Cl2N5O3S. The smallest absolute Gasteiger partial charge is 0.241 e. The van der Waals surface area contributed by atoms with E-state index in [1.807, 2.05) is 48.5 Å². The van der Waals surface area contributed by atoms with Crippen molar-refractivity contribution in [1.29, 1.82) is 0 Å². The summed E-state index contributed by atoms with van der Waals surface area (Å²) in [5, 5.41) is 0.0110. The Labute approximate surface area is 213 Å². The number of sulfonamides is 1. The van der Waals surface area contributed by atoms with Gasteiger partial charge in [0.2, 0.25) is 15.9 Å². The normalized spacial score (nSPS) is 12.5. The number of nitrogens with two attached hydrogens (primary N) is 1. The molecule has 4 rings (SSSR count). The highest BCUT2D eigenvalue weighted by atomic mass is 35.5. The summed E-state index contributed by atoms with van der Waals surface area (Å²) < 4.78 is 29.0. The first kappa shape index (κ1) is 25.0. The number of aromatic nitrogens is 2. The fourth-order valence-electron chi connectivity index (χ4n) is 3.69. The first-order valence-corrected chi connectivity index (χ1v) is 12.9. The minimum absolute atomic E-state index is 0.00549. The first-order valence-electron chi connectivity index (χ1n) is 10.6. The molecular weight excluding hydrogens is 509 g/mol. The average Bonchev–Trinajstić information content (AvgIpc) is 3.29. The zero-order valence-corrected chi connectivity index (χ0v) is 21.0. The molecule has 0 saturated carbocycles. The van der Waals surface area contributed by atoms with Gasteiger partial charge in [-0.1, -0.05) is 59.6 Å². The fourth-order valence-corrected chi connectivity index (χ4v) is 5.55. The van der Waals surface area contributed by atoms with Crippen LogP contribution in [0.3, 0.4) is 0 Å². The van der Waals surface area contributed by atoms with Crippen molar-refractivity contribution in [3.05, 3.63) is 88.2 Å². The molecule has 0 aliphatic rings. The number of fused-ring (bicyclic) bond motifs is 1. The lowest BCUT2D eigenvalue weighted by atomic mass is 10.0. The number of nitrogens with one attached hydrogen (secondary N) is 2. The van der Waals surface area contributed by atoms with E-state index in [9.17, 15) is 13.2 Å². The maximum absolute atomic E-state index is 13.5. The van der Waals surface area contributed by atoms with Gasteiger partial charge in [0.25, 0.3) is 0 Å². The van der Waals surface area contributed by atoms with E-state index < -0.39 is 22.0 Å². The lowest BCUT2D eigenvalue weighted by Gasteiger charge is -2.25. The van der Waals surface area contributed by atoms with Gasteiger partial charge in [0.15, 0.2) is 0 Å². The predicted molar refractivity (Wildman–Crippen MR) is 138 cm³/mol. The highest BCUT2D eigenvalue weighted by Crippen LogP contribution is 2.31. The summed E-state index contributed by atoms with van der Waals surface area (Å²) in [6, 6.07) is 16.2. The summed E-state index contributed by atoms with van der Waals surface area (Å²) >= 11 is 12.1. The summed E-state index contributed by atoms with van der Waals surface area (Å²) in [5.74, 6) is -0.396. The number of aromatic amines is 1. The summed E-state index contributed by atoms with van der Waals surface area (Å²) in [6.07, 6.45) is 1.68. The molecule has 1 unspecified atom stereocenters. The van der Waals surface area contributed by atoms with Gasteiger partial charge in [0.05, 0.1) is 38.0 Å². The van der Waals surface area contributed by atoms with Gasteiger partial charge in [-0.25, -0.2) is 13.4 Å². The number of amides is 1. The van der Waals surface area contributed by atoms with Gasteiger partial charge in [-0.3, -0.25) is 4.79 Å². The zero-order valence-electron chi connectivity index (χ0n) is 18.7. The number of imidazole rings is 1. The fraction of sp³-hybridized carbons (Fsp3) is 0.167. The lowest BCUT2D eigenvalue weighted by Crippen LogP contribution is -2.48. The number of likely N-dealkylation sites (N-methyl/N-ethyl adjacent to an activating group) is 1. The summed E-state index contributed by atoms with van der Waals surface area (Å²) in [6.45, 7) is 0.315. The number of halogens is 2. The van der Waals surface area contributed by atoms with Gasteiger partial charge >= 0.3 is 0 Å². The molecule has 0 saturated heterocycles. The number of H-pyrrole nitrogens is 1. The highest BCUT2D eigenvalue weighted by molar-refractivity contribution is 7.89. The third-order valence-corrected chi connectivity index (χ3v) is 7.60. The number of benzene rings is 3. The molecule has 0 radical (unpaired) electrons. The van der Waals surface area contributed by atoms with Crippen LogP contribution >= 0.6 is 23.2 Å². The Morgan fingerprint density at radius 1 is 1.09 bits per heavy atom. The van der Waals surface area contributed by atoms with Gasteiger partial charge < -0.3 is 15.6 Å². The van der Waals surface area contributed by atoms with Gasteiger partial charge in [0, 0.05) is 13.6 Å². The third-order valence-electron chi connectivity index (χ3n) is 5.52. The molecule has 1 aromatic heterocycles. The van der Waals surface area contributed by atoms with Crippen molar-refractivity contribution in [1.82, 2.24) is 19.6 Å². The highest BCUT2D eigenvalue weighted by Gasteiger charge is 2.29. The average molecular weight is 532 g/mol. The summed E-state index contributed by atoms with van der Waals surface area (Å²) in [4.78, 5) is 22.0. The number of anilines is 1. The second-order valence-electron chi connectivity index (χ2n) is 8.11. The van der Waals surface area contributed by atoms with Gasteiger partial charge in [0.1, 0.15) is 6.04 Å². The van der Waals surface area contributed by atoms with Gasteiger partial charge in [-0.05, 0) is 41.8 Å². The molecule has 4 N–H and O–H groups in total. The number of nitrogen functional groups attached to an aromatic ring is 1. The molecule has 11 heteroatoms. The summed E-state index contributed by atoms with van der Waals surface area (Å²) in [5.41, 5.74) is 9.04. The minimum Gasteiger partial charge on any atom is -0.396 e. The molecule has 182 valence electrons. The van der Waals surface area contributed by atoms with E-state index in [4.69, 9.17) is 28.9 Å². The van der Waals surface area contributed by atoms with Crippen LogP contribution in [-0.2, 0) is 27.8 Å². The number of carbonyl (C=O) groups is 1. The molecule has 0 aliphatic carbocycles. The van der Waals surface area contributed by atoms with Crippen LogP contribution in [-0.4, -0.2) is 42.3 Å². The number of nitrogens with zero attached hydrogens (tertiary/aromatic N) is 2. The molecule has 0 fully saturated rings. The molecule has 4 aromatic rings. The molecule has 35 heavy (non-hydrogen) atoms. The van der Waals surface area contributed by atoms with E-state index in [1.165, 1.54) is 17.0 Å². The van der Waals surface area contributed by atoms with Crippen LogP contribution in [0.15, 0.2) is 71.9 Å². The van der Waals surface area contributed by atoms with Crippen molar-refractivity contribution in [2.24, 2.45) is 0 Å².